The number of nitrogens with zero attached hydrogens (tertiary/aromatic N) is 5. The van der Waals surface area contributed by atoms with Crippen molar-refractivity contribution in [3.05, 3.63) is 42.6 Å². The molecule has 1 N–H and O–H groups in total. The van der Waals surface area contributed by atoms with Gasteiger partial charge in [0.15, 0.2) is 5.82 Å². The molecule has 6 nitrogen and oxygen atoms in total. The van der Waals surface area contributed by atoms with Crippen LogP contribution in [0.4, 0.5) is 5.82 Å². The molecule has 0 atom stereocenters. The van der Waals surface area contributed by atoms with E-state index < -0.39 is 0 Å². The van der Waals surface area contributed by atoms with Crippen LogP contribution in [0.1, 0.15) is 5.82 Å². The second-order valence-corrected chi connectivity index (χ2v) is 3.96. The number of hydrogen-bond acceptors (Lipinski definition) is 5. The third-order valence-electron chi connectivity index (χ3n) is 2.68. The molecule has 1 aromatic carbocycles. The van der Waals surface area contributed by atoms with Crippen molar-refractivity contribution >= 4 is 16.9 Å². The van der Waals surface area contributed by atoms with Gasteiger partial charge in [-0.05, 0) is 12.1 Å². The first-order chi connectivity index (χ1) is 8.83. The van der Waals surface area contributed by atoms with Crippen molar-refractivity contribution in [1.82, 2.24) is 24.7 Å². The van der Waals surface area contributed by atoms with Gasteiger partial charge in [0.1, 0.15) is 12.1 Å². The quantitative estimate of drug-likeness (QED) is 0.748. The first kappa shape index (κ1) is 10.6. The number of anilines is 1. The Labute approximate surface area is 104 Å². The molecule has 0 saturated carbocycles. The lowest BCUT2D eigenvalue weighted by Gasteiger charge is -2.05. The molecule has 0 saturated heterocycles. The van der Waals surface area contributed by atoms with Gasteiger partial charge in [0, 0.05) is 7.05 Å². The van der Waals surface area contributed by atoms with Crippen LogP contribution >= 0.6 is 0 Å². The maximum atomic E-state index is 4.47. The van der Waals surface area contributed by atoms with Crippen LogP contribution in [0.2, 0.25) is 0 Å². The average Bonchev–Trinajstić information content (AvgIpc) is 2.82. The maximum Gasteiger partial charge on any atom is 0.151 e. The fraction of sp³-hybridized carbons (Fsp3) is 0.167. The molecule has 3 rings (SSSR count). The molecule has 6 heteroatoms. The molecule has 0 aliphatic heterocycles. The molecule has 0 aliphatic rings. The molecule has 0 aliphatic carbocycles. The van der Waals surface area contributed by atoms with Crippen LogP contribution in [0, 0.1) is 0 Å². The molecule has 90 valence electrons. The fourth-order valence-corrected chi connectivity index (χ4v) is 1.68. The van der Waals surface area contributed by atoms with E-state index in [4.69, 9.17) is 0 Å². The van der Waals surface area contributed by atoms with E-state index in [1.54, 1.807) is 12.5 Å². The van der Waals surface area contributed by atoms with E-state index in [1.165, 1.54) is 0 Å². The van der Waals surface area contributed by atoms with Crippen LogP contribution in [0.3, 0.4) is 0 Å². The fourth-order valence-electron chi connectivity index (χ4n) is 1.68. The first-order valence-corrected chi connectivity index (χ1v) is 5.61. The summed E-state index contributed by atoms with van der Waals surface area (Å²) in [6, 6.07) is 7.78. The predicted octanol–water partition coefficient (Wildman–Crippen LogP) is 1.37. The molecule has 0 amide bonds. The standard InChI is InChI=1S/C12H12N6/c1-18-8-15-17-12(18)7-14-11-6-13-9-4-2-3-5-10(9)16-11/h2-6,8H,7H2,1H3,(H,14,16). The van der Waals surface area contributed by atoms with Crippen molar-refractivity contribution in [2.75, 3.05) is 5.32 Å². The van der Waals surface area contributed by atoms with Gasteiger partial charge in [0.2, 0.25) is 0 Å². The van der Waals surface area contributed by atoms with Crippen LogP contribution in [0.15, 0.2) is 36.8 Å². The SMILES string of the molecule is Cn1cnnc1CNc1cnc2ccccc2n1. The number of rotatable bonds is 3. The Balaban J connectivity index is 1.81. The summed E-state index contributed by atoms with van der Waals surface area (Å²) >= 11 is 0. The summed E-state index contributed by atoms with van der Waals surface area (Å²) in [4.78, 5) is 8.81. The second kappa shape index (κ2) is 4.40. The van der Waals surface area contributed by atoms with Crippen LogP contribution in [0.5, 0.6) is 0 Å². The smallest absolute Gasteiger partial charge is 0.151 e. The second-order valence-electron chi connectivity index (χ2n) is 3.96. The highest BCUT2D eigenvalue weighted by Crippen LogP contribution is 2.11. The molecule has 2 aromatic heterocycles. The van der Waals surface area contributed by atoms with Gasteiger partial charge in [-0.3, -0.25) is 4.98 Å². The van der Waals surface area contributed by atoms with Crippen LogP contribution < -0.4 is 5.32 Å². The average molecular weight is 240 g/mol. The van der Waals surface area contributed by atoms with E-state index in [1.807, 2.05) is 35.9 Å². The largest absolute Gasteiger partial charge is 0.361 e. The van der Waals surface area contributed by atoms with Crippen molar-refractivity contribution in [3.63, 3.8) is 0 Å². The summed E-state index contributed by atoms with van der Waals surface area (Å²) < 4.78 is 1.86. The Kier molecular flexibility index (Phi) is 2.60. The molecule has 0 spiro atoms. The minimum absolute atomic E-state index is 0.573. The summed E-state index contributed by atoms with van der Waals surface area (Å²) in [5.41, 5.74) is 1.77. The highest BCUT2D eigenvalue weighted by molar-refractivity contribution is 5.75. The summed E-state index contributed by atoms with van der Waals surface area (Å²) in [5, 5.41) is 11.0. The molecule has 0 radical (unpaired) electrons. The molecule has 0 unspecified atom stereocenters. The zero-order valence-electron chi connectivity index (χ0n) is 9.91. The molecule has 3 aromatic rings. The van der Waals surface area contributed by atoms with Gasteiger partial charge >= 0.3 is 0 Å². The zero-order chi connectivity index (χ0) is 12.4. The molecule has 2 heterocycles. The van der Waals surface area contributed by atoms with Crippen molar-refractivity contribution in [3.8, 4) is 0 Å². The normalized spacial score (nSPS) is 10.7. The number of benzene rings is 1. The number of hydrogen-bond donors (Lipinski definition) is 1. The molecular weight excluding hydrogens is 228 g/mol. The first-order valence-electron chi connectivity index (χ1n) is 5.61. The Bertz CT molecular complexity index is 675. The highest BCUT2D eigenvalue weighted by Gasteiger charge is 2.02. The third kappa shape index (κ3) is 2.00. The Morgan fingerprint density at radius 1 is 1.22 bits per heavy atom. The van der Waals surface area contributed by atoms with Gasteiger partial charge < -0.3 is 9.88 Å². The lowest BCUT2D eigenvalue weighted by atomic mass is 10.3. The lowest BCUT2D eigenvalue weighted by molar-refractivity contribution is 0.810. The van der Waals surface area contributed by atoms with Gasteiger partial charge in [-0.1, -0.05) is 12.1 Å². The molecule has 0 bridgehead atoms. The minimum Gasteiger partial charge on any atom is -0.361 e. The summed E-state index contributed by atoms with van der Waals surface area (Å²) in [7, 11) is 1.91. The predicted molar refractivity (Wildman–Crippen MR) is 67.9 cm³/mol. The Morgan fingerprint density at radius 2 is 2.06 bits per heavy atom. The van der Waals surface area contributed by atoms with Gasteiger partial charge in [-0.2, -0.15) is 0 Å². The van der Waals surface area contributed by atoms with E-state index in [2.05, 4.69) is 25.5 Å². The Hall–Kier alpha value is -2.50. The number of aryl methyl sites for hydroxylation is 1. The van der Waals surface area contributed by atoms with E-state index in [-0.39, 0.29) is 0 Å². The van der Waals surface area contributed by atoms with Crippen molar-refractivity contribution in [2.24, 2.45) is 7.05 Å². The van der Waals surface area contributed by atoms with E-state index >= 15 is 0 Å². The number of para-hydroxylation sites is 2. The minimum atomic E-state index is 0.573. The van der Waals surface area contributed by atoms with Crippen LogP contribution in [-0.2, 0) is 13.6 Å². The van der Waals surface area contributed by atoms with Gasteiger partial charge in [-0.15, -0.1) is 10.2 Å². The number of aromatic nitrogens is 5. The van der Waals surface area contributed by atoms with E-state index in [9.17, 15) is 0 Å². The highest BCUT2D eigenvalue weighted by atomic mass is 15.3. The van der Waals surface area contributed by atoms with Crippen molar-refractivity contribution in [1.29, 1.82) is 0 Å². The van der Waals surface area contributed by atoms with Gasteiger partial charge in [-0.25, -0.2) is 4.98 Å². The van der Waals surface area contributed by atoms with E-state index in [0.29, 0.717) is 6.54 Å². The summed E-state index contributed by atoms with van der Waals surface area (Å²) in [5.74, 6) is 1.58. The summed E-state index contributed by atoms with van der Waals surface area (Å²) in [6.07, 6.45) is 3.39. The number of nitrogens with one attached hydrogen (secondary N) is 1. The zero-order valence-corrected chi connectivity index (χ0v) is 9.91. The lowest BCUT2D eigenvalue weighted by Crippen LogP contribution is -2.07. The Morgan fingerprint density at radius 3 is 2.83 bits per heavy atom. The van der Waals surface area contributed by atoms with Crippen LogP contribution in [0.25, 0.3) is 11.0 Å². The van der Waals surface area contributed by atoms with E-state index in [0.717, 1.165) is 22.7 Å². The van der Waals surface area contributed by atoms with Gasteiger partial charge in [0.25, 0.3) is 0 Å². The maximum absolute atomic E-state index is 4.47. The monoisotopic (exact) mass is 240 g/mol. The molecular formula is C12H12N6. The molecule has 18 heavy (non-hydrogen) atoms. The van der Waals surface area contributed by atoms with Gasteiger partial charge in [0.05, 0.1) is 23.8 Å². The third-order valence-corrected chi connectivity index (χ3v) is 2.68. The van der Waals surface area contributed by atoms with Crippen LogP contribution in [-0.4, -0.2) is 24.7 Å². The molecule has 0 fully saturated rings. The van der Waals surface area contributed by atoms with Crippen molar-refractivity contribution < 1.29 is 0 Å². The van der Waals surface area contributed by atoms with Crippen molar-refractivity contribution in [2.45, 2.75) is 6.54 Å². The summed E-state index contributed by atoms with van der Waals surface area (Å²) in [6.45, 7) is 0.573. The number of fused-ring (bicyclic) bond motifs is 1. The topological polar surface area (TPSA) is 68.5 Å².